The Morgan fingerprint density at radius 3 is 1.99 bits per heavy atom. The summed E-state index contributed by atoms with van der Waals surface area (Å²) in [7, 11) is 0. The predicted octanol–water partition coefficient (Wildman–Crippen LogP) is 18.3. The molecule has 3 heterocycles. The van der Waals surface area contributed by atoms with Crippen LogP contribution >= 0.6 is 11.3 Å². The topological polar surface area (TPSA) is 29.0 Å². The van der Waals surface area contributed by atoms with E-state index < -0.39 is 0 Å². The number of aromatic nitrogens is 2. The molecule has 3 nitrogen and oxygen atoms in total. The second-order valence-corrected chi connectivity index (χ2v) is 21.0. The van der Waals surface area contributed by atoms with E-state index in [1.807, 2.05) is 29.8 Å². The largest absolute Gasteiger partial charge is 0.309 e. The van der Waals surface area contributed by atoms with Crippen LogP contribution in [0.2, 0.25) is 0 Å². The van der Waals surface area contributed by atoms with Gasteiger partial charge in [-0.25, -0.2) is 0 Å². The van der Waals surface area contributed by atoms with Gasteiger partial charge in [0.15, 0.2) is 0 Å². The molecule has 2 bridgehead atoms. The lowest BCUT2D eigenvalue weighted by atomic mass is 9.58. The molecule has 14 rings (SSSR count). The van der Waals surface area contributed by atoms with Crippen molar-refractivity contribution in [3.63, 3.8) is 0 Å². The van der Waals surface area contributed by atoms with Crippen molar-refractivity contribution in [2.45, 2.75) is 56.8 Å². The first-order valence-corrected chi connectivity index (χ1v) is 25.9. The van der Waals surface area contributed by atoms with Crippen molar-refractivity contribution in [1.29, 1.82) is 0 Å². The molecule has 0 saturated heterocycles. The molecular formula is C65H51N3S. The summed E-state index contributed by atoms with van der Waals surface area (Å²) < 4.78 is 2.64. The van der Waals surface area contributed by atoms with E-state index >= 15 is 0 Å². The van der Waals surface area contributed by atoms with Crippen LogP contribution in [0.4, 0.5) is 17.1 Å². The zero-order valence-corrected chi connectivity index (χ0v) is 39.4. The summed E-state index contributed by atoms with van der Waals surface area (Å²) in [5, 5.41) is 4.78. The third-order valence-corrected chi connectivity index (χ3v) is 17.5. The van der Waals surface area contributed by atoms with Gasteiger partial charge in [0, 0.05) is 53.9 Å². The number of fused-ring (bicyclic) bond motifs is 14. The van der Waals surface area contributed by atoms with Crippen molar-refractivity contribution in [3.05, 3.63) is 212 Å². The third-order valence-electron chi connectivity index (χ3n) is 16.3. The van der Waals surface area contributed by atoms with Gasteiger partial charge in [-0.05, 0) is 135 Å². The molecule has 69 heavy (non-hydrogen) atoms. The fourth-order valence-electron chi connectivity index (χ4n) is 13.2. The molecule has 0 radical (unpaired) electrons. The molecule has 3 aliphatic rings. The first kappa shape index (κ1) is 40.6. The van der Waals surface area contributed by atoms with Crippen molar-refractivity contribution >= 4 is 70.4 Å². The minimum Gasteiger partial charge on any atom is -0.309 e. The van der Waals surface area contributed by atoms with E-state index in [1.165, 1.54) is 116 Å². The zero-order chi connectivity index (χ0) is 45.5. The van der Waals surface area contributed by atoms with Gasteiger partial charge in [0.25, 0.3) is 0 Å². The van der Waals surface area contributed by atoms with Gasteiger partial charge in [-0.2, -0.15) is 0 Å². The van der Waals surface area contributed by atoms with Crippen LogP contribution in [0.15, 0.2) is 200 Å². The highest BCUT2D eigenvalue weighted by Gasteiger charge is 2.49. The van der Waals surface area contributed by atoms with Crippen LogP contribution in [0.3, 0.4) is 0 Å². The van der Waals surface area contributed by atoms with E-state index in [2.05, 4.69) is 187 Å². The first-order valence-electron chi connectivity index (χ1n) is 25.1. The maximum absolute atomic E-state index is 5.10. The van der Waals surface area contributed by atoms with Crippen molar-refractivity contribution in [2.75, 3.05) is 4.90 Å². The van der Waals surface area contributed by atoms with Gasteiger partial charge in [0.2, 0.25) is 0 Å². The Morgan fingerprint density at radius 2 is 1.13 bits per heavy atom. The summed E-state index contributed by atoms with van der Waals surface area (Å²) in [6, 6.07) is 70.3. The number of hydrogen-bond acceptors (Lipinski definition) is 4. The van der Waals surface area contributed by atoms with Crippen molar-refractivity contribution in [2.24, 2.45) is 11.8 Å². The molecule has 3 aliphatic carbocycles. The normalized spacial score (nSPS) is 18.6. The van der Waals surface area contributed by atoms with E-state index in [0.717, 1.165) is 50.7 Å². The number of rotatable bonds is 6. The number of benzene rings is 8. The van der Waals surface area contributed by atoms with Crippen LogP contribution in [0, 0.1) is 11.8 Å². The Kier molecular flexibility index (Phi) is 9.66. The number of nitrogens with zero attached hydrogens (tertiary/aromatic N) is 3. The number of pyridine rings is 2. The Hall–Kier alpha value is -7.40. The minimum absolute atomic E-state index is 0.129. The number of thiophene rings is 1. The van der Waals surface area contributed by atoms with E-state index in [-0.39, 0.29) is 5.41 Å². The first-order chi connectivity index (χ1) is 34.2. The molecule has 3 aromatic heterocycles. The molecule has 4 heteroatoms. The molecule has 2 saturated carbocycles. The van der Waals surface area contributed by atoms with Gasteiger partial charge in [-0.15, -0.1) is 11.3 Å². The molecule has 0 aliphatic heterocycles. The lowest BCUT2D eigenvalue weighted by Crippen LogP contribution is -2.39. The quantitative estimate of drug-likeness (QED) is 0.156. The lowest BCUT2D eigenvalue weighted by molar-refractivity contribution is 0.152. The second kappa shape index (κ2) is 16.4. The Balaban J connectivity index is 0.849. The highest BCUT2D eigenvalue weighted by molar-refractivity contribution is 7.26. The Labute approximate surface area is 407 Å². The fourth-order valence-corrected chi connectivity index (χ4v) is 14.4. The maximum Gasteiger partial charge on any atom is 0.0966 e. The molecule has 2 fully saturated rings. The highest BCUT2D eigenvalue weighted by atomic mass is 32.1. The molecule has 11 aromatic rings. The van der Waals surface area contributed by atoms with Crippen LogP contribution in [0.25, 0.3) is 86.5 Å². The van der Waals surface area contributed by atoms with E-state index in [0.29, 0.717) is 0 Å². The average molecular weight is 906 g/mol. The summed E-state index contributed by atoms with van der Waals surface area (Å²) in [6.07, 6.45) is 14.8. The molecule has 332 valence electrons. The zero-order valence-electron chi connectivity index (χ0n) is 38.6. The SMILES string of the molecule is c1ccc(-c2ccc3c(c2)-c2ccccc2C32CCCCC3CCCC2C3)c(-c2ccc(N(c3ccc(-c4cccc5c4sc4ccccc45)cc3)c3cnc4c(ccc5cccnc54)c3)cc2)c1. The van der Waals surface area contributed by atoms with Crippen LogP contribution < -0.4 is 4.90 Å². The van der Waals surface area contributed by atoms with E-state index in [9.17, 15) is 0 Å². The third kappa shape index (κ3) is 6.60. The maximum atomic E-state index is 5.10. The van der Waals surface area contributed by atoms with Gasteiger partial charge >= 0.3 is 0 Å². The van der Waals surface area contributed by atoms with Crippen LogP contribution in [0.1, 0.15) is 62.5 Å². The summed E-state index contributed by atoms with van der Waals surface area (Å²) in [5.74, 6) is 1.61. The summed E-state index contributed by atoms with van der Waals surface area (Å²) >= 11 is 1.88. The van der Waals surface area contributed by atoms with Gasteiger partial charge in [0.05, 0.1) is 22.9 Å². The lowest BCUT2D eigenvalue weighted by Gasteiger charge is -2.46. The van der Waals surface area contributed by atoms with E-state index in [1.54, 1.807) is 11.1 Å². The monoisotopic (exact) mass is 905 g/mol. The molecular weight excluding hydrogens is 855 g/mol. The second-order valence-electron chi connectivity index (χ2n) is 19.9. The fraction of sp³-hybridized carbons (Fsp3) is 0.169. The number of anilines is 3. The molecule has 3 atom stereocenters. The predicted molar refractivity (Wildman–Crippen MR) is 291 cm³/mol. The van der Waals surface area contributed by atoms with Crippen molar-refractivity contribution in [3.8, 4) is 44.5 Å². The summed E-state index contributed by atoms with van der Waals surface area (Å²) in [6.45, 7) is 0. The Morgan fingerprint density at radius 1 is 0.464 bits per heavy atom. The van der Waals surface area contributed by atoms with Gasteiger partial charge < -0.3 is 4.90 Å². The smallest absolute Gasteiger partial charge is 0.0966 e. The summed E-state index contributed by atoms with van der Waals surface area (Å²) in [5.41, 5.74) is 18.6. The van der Waals surface area contributed by atoms with Crippen LogP contribution in [0.5, 0.6) is 0 Å². The molecule has 0 N–H and O–H groups in total. The minimum atomic E-state index is 0.129. The molecule has 8 aromatic carbocycles. The van der Waals surface area contributed by atoms with Crippen molar-refractivity contribution < 1.29 is 0 Å². The standard InChI is InChI=1S/C65H51N3S/c1-2-17-53(46-30-35-60-58(40-46)55-18-3-5-22-59(55)65(60)36-8-7-12-42-13-9-15-48(65)38-42)52(16-1)43-26-31-49(32-27-43)68(51-39-47-25-24-45-14-11-37-66-62(45)63(47)67-41-51)50-33-28-44(29-34-50)54-20-10-21-57-56-19-4-6-23-61(56)69-64(54)57/h1-6,10-11,14,16-35,37,39-42,48H,7-9,12-13,15,36,38H2. The van der Waals surface area contributed by atoms with Gasteiger partial charge in [-0.1, -0.05) is 172 Å². The van der Waals surface area contributed by atoms with Crippen molar-refractivity contribution in [1.82, 2.24) is 9.97 Å². The van der Waals surface area contributed by atoms with E-state index in [4.69, 9.17) is 9.97 Å². The van der Waals surface area contributed by atoms with Gasteiger partial charge in [0.1, 0.15) is 0 Å². The van der Waals surface area contributed by atoms with Crippen LogP contribution in [-0.4, -0.2) is 9.97 Å². The molecule has 0 amide bonds. The average Bonchev–Trinajstić information content (AvgIpc) is 3.94. The summed E-state index contributed by atoms with van der Waals surface area (Å²) in [4.78, 5) is 12.2. The highest BCUT2D eigenvalue weighted by Crippen LogP contribution is 2.60. The molecule has 1 spiro atoms. The number of hydrogen-bond donors (Lipinski definition) is 0. The Bertz CT molecular complexity index is 3770. The molecule has 3 unspecified atom stereocenters. The van der Waals surface area contributed by atoms with Gasteiger partial charge in [-0.3, -0.25) is 9.97 Å². The van der Waals surface area contributed by atoms with Crippen LogP contribution in [-0.2, 0) is 5.41 Å².